The molecule has 0 aromatic carbocycles. The largest absolute Gasteiger partial charge is 0.205 e. The molecule has 0 bridgehead atoms. The van der Waals surface area contributed by atoms with Crippen LogP contribution in [0.3, 0.4) is 0 Å². The Bertz CT molecular complexity index is 709. The number of nitrogens with zero attached hydrogens (tertiary/aromatic N) is 1. The number of hydrogen-bond acceptors (Lipinski definition) is 0. The number of aryl methyl sites for hydroxylation is 3. The maximum Gasteiger partial charge on any atom is 0.172 e. The van der Waals surface area contributed by atoms with Crippen molar-refractivity contribution in [2.45, 2.75) is 252 Å². The van der Waals surface area contributed by atoms with Crippen LogP contribution in [-0.4, -0.2) is 0 Å². The second kappa shape index (κ2) is 34.5. The van der Waals surface area contributed by atoms with E-state index in [0.29, 0.717) is 0 Å². The highest BCUT2D eigenvalue weighted by Gasteiger charge is 2.10. The lowest BCUT2D eigenvalue weighted by atomic mass is 9.97. The molecule has 264 valence electrons. The second-order valence-corrected chi connectivity index (χ2v) is 14.8. The number of rotatable bonds is 36. The molecule has 1 rings (SSSR count). The van der Waals surface area contributed by atoms with Crippen molar-refractivity contribution in [3.05, 3.63) is 29.6 Å². The molecule has 0 atom stereocenters. The molecule has 1 heterocycles. The van der Waals surface area contributed by atoms with E-state index in [0.717, 1.165) is 0 Å². The monoisotopic (exact) mass is 627 g/mol. The number of unbranched alkanes of at least 4 members (excludes halogenated alkanes) is 30. The van der Waals surface area contributed by atoms with Gasteiger partial charge in [-0.25, -0.2) is 4.57 Å². The van der Waals surface area contributed by atoms with Gasteiger partial charge in [-0.05, 0) is 37.7 Å². The van der Waals surface area contributed by atoms with Crippen LogP contribution in [0, 0.1) is 0 Å². The first-order valence-electron chi connectivity index (χ1n) is 21.3. The quantitative estimate of drug-likeness (QED) is 0.0515. The molecule has 0 saturated carbocycles. The molecule has 0 aliphatic carbocycles. The van der Waals surface area contributed by atoms with Gasteiger partial charge < -0.3 is 0 Å². The predicted octanol–water partition coefficient (Wildman–Crippen LogP) is 15.0. The van der Waals surface area contributed by atoms with Gasteiger partial charge in [0.2, 0.25) is 0 Å². The molecule has 45 heavy (non-hydrogen) atoms. The maximum absolute atomic E-state index is 2.56. The second-order valence-electron chi connectivity index (χ2n) is 14.8. The van der Waals surface area contributed by atoms with E-state index in [1.807, 2.05) is 0 Å². The Hall–Kier alpha value is -0.850. The molecule has 1 nitrogen and oxygen atoms in total. The summed E-state index contributed by atoms with van der Waals surface area (Å²) in [5, 5.41) is 0. The molecular weight excluding hydrogens is 542 g/mol. The van der Waals surface area contributed by atoms with Crippen LogP contribution in [0.15, 0.2) is 18.5 Å². The van der Waals surface area contributed by atoms with Crippen LogP contribution in [0.5, 0.6) is 0 Å². The number of pyridine rings is 1. The minimum atomic E-state index is 1.21. The van der Waals surface area contributed by atoms with Crippen LogP contribution >= 0.6 is 0 Å². The third-order valence-corrected chi connectivity index (χ3v) is 10.3. The summed E-state index contributed by atoms with van der Waals surface area (Å²) < 4.78 is 2.53. The first kappa shape index (κ1) is 42.2. The molecule has 0 aliphatic rings. The van der Waals surface area contributed by atoms with E-state index in [-0.39, 0.29) is 0 Å². The van der Waals surface area contributed by atoms with Crippen molar-refractivity contribution in [3.8, 4) is 0 Å². The Morgan fingerprint density at radius 1 is 0.333 bits per heavy atom. The third kappa shape index (κ3) is 27.9. The van der Waals surface area contributed by atoms with Crippen molar-refractivity contribution in [1.29, 1.82) is 0 Å². The van der Waals surface area contributed by atoms with E-state index in [4.69, 9.17) is 0 Å². The van der Waals surface area contributed by atoms with Gasteiger partial charge >= 0.3 is 0 Å². The zero-order valence-corrected chi connectivity index (χ0v) is 31.6. The molecule has 0 fully saturated rings. The van der Waals surface area contributed by atoms with E-state index in [1.54, 1.807) is 11.1 Å². The molecule has 0 unspecified atom stereocenters. The summed E-state index contributed by atoms with van der Waals surface area (Å²) in [6, 6.07) is 2.50. The number of hydrogen-bond donors (Lipinski definition) is 0. The summed E-state index contributed by atoms with van der Waals surface area (Å²) in [6.07, 6.45) is 54.8. The highest BCUT2D eigenvalue weighted by molar-refractivity contribution is 5.21. The van der Waals surface area contributed by atoms with Crippen molar-refractivity contribution in [2.75, 3.05) is 0 Å². The first-order valence-corrected chi connectivity index (χ1v) is 21.3. The van der Waals surface area contributed by atoms with E-state index >= 15 is 0 Å². The van der Waals surface area contributed by atoms with Gasteiger partial charge in [0.25, 0.3) is 0 Å². The molecule has 0 amide bonds. The van der Waals surface area contributed by atoms with Crippen LogP contribution in [0.2, 0.25) is 0 Å². The van der Waals surface area contributed by atoms with Crippen molar-refractivity contribution < 1.29 is 4.57 Å². The fourth-order valence-corrected chi connectivity index (χ4v) is 7.14. The van der Waals surface area contributed by atoms with Crippen molar-refractivity contribution in [3.63, 3.8) is 0 Å². The van der Waals surface area contributed by atoms with Crippen LogP contribution in [0.1, 0.15) is 244 Å². The average molecular weight is 627 g/mol. The van der Waals surface area contributed by atoms with E-state index in [1.165, 1.54) is 231 Å². The Morgan fingerprint density at radius 3 is 0.978 bits per heavy atom. The molecule has 0 saturated heterocycles. The van der Waals surface area contributed by atoms with Crippen LogP contribution < -0.4 is 4.57 Å². The normalized spacial score (nSPS) is 11.5. The summed E-state index contributed by atoms with van der Waals surface area (Å²) in [7, 11) is 0. The fraction of sp³-hybridized carbons (Fsp3) is 0.886. The third-order valence-electron chi connectivity index (χ3n) is 10.3. The van der Waals surface area contributed by atoms with E-state index in [9.17, 15) is 0 Å². The van der Waals surface area contributed by atoms with Crippen molar-refractivity contribution in [2.24, 2.45) is 0 Å². The highest BCUT2D eigenvalue weighted by atomic mass is 14.9. The predicted molar refractivity (Wildman–Crippen MR) is 203 cm³/mol. The molecule has 0 aliphatic heterocycles. The van der Waals surface area contributed by atoms with Gasteiger partial charge in [0, 0.05) is 18.1 Å². The Labute approximate surface area is 285 Å². The minimum absolute atomic E-state index is 1.21. The van der Waals surface area contributed by atoms with Crippen molar-refractivity contribution >= 4 is 0 Å². The Morgan fingerprint density at radius 2 is 0.622 bits per heavy atom. The minimum Gasteiger partial charge on any atom is -0.205 e. The van der Waals surface area contributed by atoms with Gasteiger partial charge in [0.05, 0.1) is 0 Å². The summed E-state index contributed by atoms with van der Waals surface area (Å²) in [5.74, 6) is 0. The molecule has 0 radical (unpaired) electrons. The van der Waals surface area contributed by atoms with Gasteiger partial charge in [-0.2, -0.15) is 0 Å². The molecule has 0 N–H and O–H groups in total. The Kier molecular flexibility index (Phi) is 32.3. The van der Waals surface area contributed by atoms with E-state index in [2.05, 4.69) is 43.8 Å². The first-order chi connectivity index (χ1) is 22.3. The topological polar surface area (TPSA) is 3.88 Å². The average Bonchev–Trinajstić information content (AvgIpc) is 3.05. The summed E-state index contributed by atoms with van der Waals surface area (Å²) in [6.45, 7) is 8.15. The smallest absolute Gasteiger partial charge is 0.172 e. The Balaban J connectivity index is 2.33. The molecular formula is C44H84N+. The van der Waals surface area contributed by atoms with E-state index < -0.39 is 0 Å². The number of aromatic nitrogens is 1. The molecule has 0 spiro atoms. The maximum atomic E-state index is 2.56. The van der Waals surface area contributed by atoms with Crippen molar-refractivity contribution in [1.82, 2.24) is 0 Å². The lowest BCUT2D eigenvalue weighted by molar-refractivity contribution is -0.697. The van der Waals surface area contributed by atoms with Gasteiger partial charge in [0.15, 0.2) is 12.4 Å². The molecule has 1 aromatic rings. The zero-order valence-electron chi connectivity index (χ0n) is 31.6. The SMILES string of the molecule is CCCCCCCCCCCCCc1cc[n+](CCCCCCCCCCCCC)cc1CCCCCCCCCCCCC. The standard InChI is InChI=1S/C44H84N/c1-4-7-10-13-16-19-22-25-28-31-34-37-43-39-41-45(40-36-33-30-27-24-21-18-15-12-9-6-3)42-44(43)38-35-32-29-26-23-20-17-14-11-8-5-2/h39,41-42H,4-38,40H2,1-3H3/q+1. The highest BCUT2D eigenvalue weighted by Crippen LogP contribution is 2.18. The summed E-state index contributed by atoms with van der Waals surface area (Å²) in [4.78, 5) is 0. The van der Waals surface area contributed by atoms with Gasteiger partial charge in [-0.3, -0.25) is 0 Å². The molecule has 1 aromatic heterocycles. The summed E-state index contributed by atoms with van der Waals surface area (Å²) >= 11 is 0. The van der Waals surface area contributed by atoms with Crippen LogP contribution in [-0.2, 0) is 19.4 Å². The van der Waals surface area contributed by atoms with Gasteiger partial charge in [-0.1, -0.05) is 207 Å². The van der Waals surface area contributed by atoms with Gasteiger partial charge in [0.1, 0.15) is 6.54 Å². The van der Waals surface area contributed by atoms with Crippen LogP contribution in [0.4, 0.5) is 0 Å². The molecule has 1 heteroatoms. The zero-order chi connectivity index (χ0) is 32.3. The van der Waals surface area contributed by atoms with Gasteiger partial charge in [-0.15, -0.1) is 0 Å². The summed E-state index contributed by atoms with van der Waals surface area (Å²) in [5.41, 5.74) is 3.33. The lowest BCUT2D eigenvalue weighted by Gasteiger charge is -2.10. The van der Waals surface area contributed by atoms with Crippen LogP contribution in [0.25, 0.3) is 0 Å². The fourth-order valence-electron chi connectivity index (χ4n) is 7.14. The lowest BCUT2D eigenvalue weighted by Crippen LogP contribution is -2.34.